The number of amides is 1. The zero-order valence-corrected chi connectivity index (χ0v) is 15.3. The highest BCUT2D eigenvalue weighted by Gasteiger charge is 2.22. The minimum Gasteiger partial charge on any atom is -0.496 e. The number of rotatable bonds is 8. The van der Waals surface area contributed by atoms with Gasteiger partial charge in [0.1, 0.15) is 17.3 Å². The maximum absolute atomic E-state index is 13.6. The third kappa shape index (κ3) is 5.50. The second-order valence-corrected chi connectivity index (χ2v) is 5.85. The lowest BCUT2D eigenvalue weighted by atomic mass is 10.1. The van der Waals surface area contributed by atoms with Crippen molar-refractivity contribution in [3.05, 3.63) is 64.0 Å². The Labute approximate surface area is 160 Å². The fraction of sp³-hybridized carbons (Fsp3) is 0.263. The van der Waals surface area contributed by atoms with Crippen LogP contribution in [0, 0.1) is 15.9 Å². The van der Waals surface area contributed by atoms with Gasteiger partial charge in [-0.15, -0.1) is 0 Å². The normalized spacial score (nSPS) is 11.4. The first-order valence-corrected chi connectivity index (χ1v) is 8.38. The number of anilines is 1. The summed E-state index contributed by atoms with van der Waals surface area (Å²) in [5.74, 6) is -1.58. The fourth-order valence-electron chi connectivity index (χ4n) is 2.38. The minimum absolute atomic E-state index is 0.0509. The van der Waals surface area contributed by atoms with Gasteiger partial charge < -0.3 is 14.8 Å². The fourth-order valence-corrected chi connectivity index (χ4v) is 2.38. The zero-order valence-electron chi connectivity index (χ0n) is 15.3. The number of nitro groups is 1. The molecule has 148 valence electrons. The quantitative estimate of drug-likeness (QED) is 0.421. The molecule has 2 rings (SSSR count). The molecule has 2 aromatic rings. The van der Waals surface area contributed by atoms with Crippen molar-refractivity contribution in [2.45, 2.75) is 25.9 Å². The first-order valence-electron chi connectivity index (χ1n) is 8.38. The Bertz CT molecular complexity index is 886. The molecule has 0 spiro atoms. The summed E-state index contributed by atoms with van der Waals surface area (Å²) in [4.78, 5) is 34.6. The van der Waals surface area contributed by atoms with E-state index in [2.05, 4.69) is 5.32 Å². The van der Waals surface area contributed by atoms with E-state index in [0.717, 1.165) is 0 Å². The Kier molecular flexibility index (Phi) is 7.02. The van der Waals surface area contributed by atoms with Gasteiger partial charge in [0.25, 0.3) is 11.6 Å². The molecule has 1 atom stereocenters. The van der Waals surface area contributed by atoms with Crippen LogP contribution in [0.15, 0.2) is 42.5 Å². The highest BCUT2D eigenvalue weighted by atomic mass is 19.1. The minimum atomic E-state index is -1.19. The molecular formula is C19H19FN2O6. The molecule has 0 aliphatic heterocycles. The number of ether oxygens (including phenoxy) is 2. The number of carbonyl (C=O) groups excluding carboxylic acids is 2. The first kappa shape index (κ1) is 20.8. The Morgan fingerprint density at radius 1 is 1.25 bits per heavy atom. The molecule has 9 heteroatoms. The van der Waals surface area contributed by atoms with Gasteiger partial charge in [-0.25, -0.2) is 4.39 Å². The van der Waals surface area contributed by atoms with Crippen LogP contribution in [0.1, 0.15) is 18.9 Å². The number of nitrogens with one attached hydrogen (secondary N) is 1. The van der Waals surface area contributed by atoms with Crippen molar-refractivity contribution in [3.8, 4) is 5.75 Å². The average molecular weight is 390 g/mol. The highest BCUT2D eigenvalue weighted by molar-refractivity contribution is 5.97. The Morgan fingerprint density at radius 3 is 2.61 bits per heavy atom. The van der Waals surface area contributed by atoms with E-state index in [-0.39, 0.29) is 30.0 Å². The number of hydrogen-bond donors (Lipinski definition) is 1. The molecule has 0 bridgehead atoms. The molecule has 28 heavy (non-hydrogen) atoms. The van der Waals surface area contributed by atoms with Crippen molar-refractivity contribution in [1.29, 1.82) is 0 Å². The van der Waals surface area contributed by atoms with Gasteiger partial charge in [0.2, 0.25) is 0 Å². The number of carbonyl (C=O) groups is 2. The summed E-state index contributed by atoms with van der Waals surface area (Å²) < 4.78 is 23.5. The number of halogens is 1. The first-order chi connectivity index (χ1) is 13.3. The van der Waals surface area contributed by atoms with E-state index in [1.165, 1.54) is 38.3 Å². The van der Waals surface area contributed by atoms with E-state index >= 15 is 0 Å². The molecule has 0 heterocycles. The summed E-state index contributed by atoms with van der Waals surface area (Å²) in [5, 5.41) is 13.5. The van der Waals surface area contributed by atoms with E-state index in [4.69, 9.17) is 9.47 Å². The number of nitro benzene ring substituents is 1. The number of benzene rings is 2. The monoisotopic (exact) mass is 390 g/mol. The molecule has 0 aliphatic rings. The van der Waals surface area contributed by atoms with Crippen LogP contribution in [-0.4, -0.2) is 30.0 Å². The van der Waals surface area contributed by atoms with Crippen LogP contribution in [0.2, 0.25) is 0 Å². The number of nitrogens with zero attached hydrogens (tertiary/aromatic N) is 1. The van der Waals surface area contributed by atoms with Gasteiger partial charge >= 0.3 is 5.97 Å². The largest absolute Gasteiger partial charge is 0.496 e. The molecular weight excluding hydrogens is 371 g/mol. The lowest BCUT2D eigenvalue weighted by molar-refractivity contribution is -0.384. The molecule has 0 aliphatic carbocycles. The predicted molar refractivity (Wildman–Crippen MR) is 98.6 cm³/mol. The standard InChI is InChI=1S/C19H19FN2O6/c1-12(28-18(23)10-7-13-5-3-4-6-15(13)20)19(24)21-16-9-8-14(27-2)11-17(16)22(25)26/h3-6,8-9,11-12H,7,10H2,1-2H3,(H,21,24). The highest BCUT2D eigenvalue weighted by Crippen LogP contribution is 2.29. The molecule has 2 aromatic carbocycles. The maximum atomic E-state index is 13.6. The lowest BCUT2D eigenvalue weighted by Crippen LogP contribution is -2.30. The average Bonchev–Trinajstić information content (AvgIpc) is 2.67. The number of aryl methyl sites for hydroxylation is 1. The molecule has 0 radical (unpaired) electrons. The third-order valence-corrected chi connectivity index (χ3v) is 3.89. The topological polar surface area (TPSA) is 108 Å². The summed E-state index contributed by atoms with van der Waals surface area (Å²) in [6.07, 6.45) is -1.17. The zero-order chi connectivity index (χ0) is 20.7. The van der Waals surface area contributed by atoms with Crippen molar-refractivity contribution < 1.29 is 28.4 Å². The molecule has 8 nitrogen and oxygen atoms in total. The molecule has 0 fully saturated rings. The van der Waals surface area contributed by atoms with E-state index in [0.29, 0.717) is 5.56 Å². The van der Waals surface area contributed by atoms with Gasteiger partial charge in [-0.05, 0) is 37.1 Å². The van der Waals surface area contributed by atoms with E-state index in [1.54, 1.807) is 18.2 Å². The number of hydrogen-bond acceptors (Lipinski definition) is 6. The van der Waals surface area contributed by atoms with Crippen LogP contribution < -0.4 is 10.1 Å². The molecule has 0 saturated carbocycles. The van der Waals surface area contributed by atoms with E-state index in [1.807, 2.05) is 0 Å². The Balaban J connectivity index is 1.95. The van der Waals surface area contributed by atoms with Crippen molar-refractivity contribution in [1.82, 2.24) is 0 Å². The van der Waals surface area contributed by atoms with Crippen molar-refractivity contribution >= 4 is 23.3 Å². The van der Waals surface area contributed by atoms with Crippen molar-refractivity contribution in [2.75, 3.05) is 12.4 Å². The van der Waals surface area contributed by atoms with Gasteiger partial charge in [0.05, 0.1) is 18.1 Å². The smallest absolute Gasteiger partial charge is 0.306 e. The second kappa shape index (κ2) is 9.45. The van der Waals surface area contributed by atoms with Gasteiger partial charge in [0, 0.05) is 6.42 Å². The molecule has 0 saturated heterocycles. The summed E-state index contributed by atoms with van der Waals surface area (Å²) in [6, 6.07) is 9.99. The van der Waals surface area contributed by atoms with Crippen molar-refractivity contribution in [2.24, 2.45) is 0 Å². The number of esters is 1. The van der Waals surface area contributed by atoms with Crippen LogP contribution in [0.25, 0.3) is 0 Å². The van der Waals surface area contributed by atoms with Crippen LogP contribution in [0.3, 0.4) is 0 Å². The molecule has 0 aromatic heterocycles. The summed E-state index contributed by atoms with van der Waals surface area (Å²) >= 11 is 0. The van der Waals surface area contributed by atoms with Gasteiger partial charge in [0.15, 0.2) is 6.10 Å². The Morgan fingerprint density at radius 2 is 1.96 bits per heavy atom. The molecule has 1 amide bonds. The third-order valence-electron chi connectivity index (χ3n) is 3.89. The maximum Gasteiger partial charge on any atom is 0.306 e. The summed E-state index contributed by atoms with van der Waals surface area (Å²) in [7, 11) is 1.36. The van der Waals surface area contributed by atoms with Crippen LogP contribution in [0.5, 0.6) is 5.75 Å². The van der Waals surface area contributed by atoms with Crippen LogP contribution in [0.4, 0.5) is 15.8 Å². The SMILES string of the molecule is COc1ccc(NC(=O)C(C)OC(=O)CCc2ccccc2F)c([N+](=O)[O-])c1. The van der Waals surface area contributed by atoms with E-state index < -0.39 is 28.7 Å². The van der Waals surface area contributed by atoms with Gasteiger partial charge in [-0.3, -0.25) is 19.7 Å². The lowest BCUT2D eigenvalue weighted by Gasteiger charge is -2.14. The van der Waals surface area contributed by atoms with Crippen molar-refractivity contribution in [3.63, 3.8) is 0 Å². The molecule has 1 N–H and O–H groups in total. The summed E-state index contributed by atoms with van der Waals surface area (Å²) in [5.41, 5.74) is -0.0405. The Hall–Kier alpha value is -3.49. The summed E-state index contributed by atoms with van der Waals surface area (Å²) in [6.45, 7) is 1.34. The van der Waals surface area contributed by atoms with Crippen LogP contribution in [-0.2, 0) is 20.7 Å². The predicted octanol–water partition coefficient (Wildman–Crippen LogP) is 3.25. The van der Waals surface area contributed by atoms with Crippen LogP contribution >= 0.6 is 0 Å². The van der Waals surface area contributed by atoms with Gasteiger partial charge in [-0.1, -0.05) is 18.2 Å². The molecule has 1 unspecified atom stereocenters. The number of methoxy groups -OCH3 is 1. The second-order valence-electron chi connectivity index (χ2n) is 5.85. The van der Waals surface area contributed by atoms with Gasteiger partial charge in [-0.2, -0.15) is 0 Å². The van der Waals surface area contributed by atoms with E-state index in [9.17, 15) is 24.1 Å².